The van der Waals surface area contributed by atoms with Crippen LogP contribution in [-0.4, -0.2) is 28.6 Å². The third kappa shape index (κ3) is 4.34. The number of rotatable bonds is 6. The summed E-state index contributed by atoms with van der Waals surface area (Å²) in [5.41, 5.74) is 0.893. The van der Waals surface area contributed by atoms with E-state index >= 15 is 0 Å². The monoisotopic (exact) mass is 264 g/mol. The summed E-state index contributed by atoms with van der Waals surface area (Å²) in [5, 5.41) is 17.9. The molecule has 102 valence electrons. The zero-order valence-corrected chi connectivity index (χ0v) is 11.1. The quantitative estimate of drug-likeness (QED) is 0.856. The van der Waals surface area contributed by atoms with Gasteiger partial charge in [0.05, 0.1) is 18.2 Å². The van der Waals surface area contributed by atoms with Gasteiger partial charge in [0, 0.05) is 12.6 Å². The number of hydrogen-bond donors (Lipinski definition) is 1. The molecule has 1 rings (SSSR count). The van der Waals surface area contributed by atoms with Crippen molar-refractivity contribution in [3.63, 3.8) is 0 Å². The van der Waals surface area contributed by atoms with E-state index in [-0.39, 0.29) is 19.1 Å². The van der Waals surface area contributed by atoms with Crippen LogP contribution in [-0.2, 0) is 11.3 Å². The molecule has 0 amide bonds. The van der Waals surface area contributed by atoms with E-state index in [4.69, 9.17) is 10.4 Å². The van der Waals surface area contributed by atoms with Crippen molar-refractivity contribution < 1.29 is 14.3 Å². The normalized spacial score (nSPS) is 12.2. The summed E-state index contributed by atoms with van der Waals surface area (Å²) in [6.07, 6.45) is 0.782. The molecule has 0 fully saturated rings. The molecule has 1 atom stereocenters. The fourth-order valence-corrected chi connectivity index (χ4v) is 1.82. The van der Waals surface area contributed by atoms with Gasteiger partial charge in [0.25, 0.3) is 0 Å². The Morgan fingerprint density at radius 1 is 1.58 bits per heavy atom. The number of carboxylic acid groups (broad SMARTS) is 1. The third-order valence-electron chi connectivity index (χ3n) is 3.11. The average molecular weight is 264 g/mol. The maximum absolute atomic E-state index is 13.2. The van der Waals surface area contributed by atoms with E-state index in [1.807, 2.05) is 19.9 Å². The van der Waals surface area contributed by atoms with Crippen molar-refractivity contribution in [2.75, 3.05) is 6.54 Å². The molecule has 1 N–H and O–H groups in total. The van der Waals surface area contributed by atoms with Crippen LogP contribution < -0.4 is 0 Å². The summed E-state index contributed by atoms with van der Waals surface area (Å²) in [4.78, 5) is 12.6. The van der Waals surface area contributed by atoms with E-state index in [0.29, 0.717) is 11.1 Å². The molecular weight excluding hydrogens is 247 g/mol. The topological polar surface area (TPSA) is 64.3 Å². The summed E-state index contributed by atoms with van der Waals surface area (Å²) in [7, 11) is 0. The van der Waals surface area contributed by atoms with E-state index in [1.54, 1.807) is 4.90 Å². The number of nitrogens with zero attached hydrogens (tertiary/aromatic N) is 2. The van der Waals surface area contributed by atoms with Gasteiger partial charge in [-0.05, 0) is 37.1 Å². The molecule has 0 aliphatic heterocycles. The number of benzene rings is 1. The largest absolute Gasteiger partial charge is 0.480 e. The Morgan fingerprint density at radius 3 is 2.79 bits per heavy atom. The first-order valence-electron chi connectivity index (χ1n) is 6.12. The fourth-order valence-electron chi connectivity index (χ4n) is 1.82. The minimum Gasteiger partial charge on any atom is -0.480 e. The van der Waals surface area contributed by atoms with Crippen molar-refractivity contribution in [3.05, 3.63) is 35.1 Å². The van der Waals surface area contributed by atoms with Gasteiger partial charge >= 0.3 is 5.97 Å². The summed E-state index contributed by atoms with van der Waals surface area (Å²) in [6.45, 7) is 3.99. The number of aliphatic carboxylic acids is 1. The van der Waals surface area contributed by atoms with Crippen LogP contribution >= 0.6 is 0 Å². The summed E-state index contributed by atoms with van der Waals surface area (Å²) < 4.78 is 13.2. The first-order valence-corrected chi connectivity index (χ1v) is 6.12. The molecule has 1 aromatic carbocycles. The predicted molar refractivity (Wildman–Crippen MR) is 68.9 cm³/mol. The van der Waals surface area contributed by atoms with Gasteiger partial charge in [0.2, 0.25) is 0 Å². The molecule has 0 bridgehead atoms. The lowest BCUT2D eigenvalue weighted by Crippen LogP contribution is -2.36. The van der Waals surface area contributed by atoms with Crippen molar-refractivity contribution in [2.45, 2.75) is 32.9 Å². The van der Waals surface area contributed by atoms with Crippen LogP contribution in [0.3, 0.4) is 0 Å². The maximum atomic E-state index is 13.2. The van der Waals surface area contributed by atoms with E-state index < -0.39 is 11.8 Å². The van der Waals surface area contributed by atoms with Crippen LogP contribution in [0.2, 0.25) is 0 Å². The maximum Gasteiger partial charge on any atom is 0.317 e. The first-order chi connectivity index (χ1) is 8.97. The number of nitriles is 1. The SMILES string of the molecule is CCC(C)N(CC(=O)O)Cc1cc(F)ccc1C#N. The highest BCUT2D eigenvalue weighted by molar-refractivity contribution is 5.69. The Bertz CT molecular complexity index is 497. The molecule has 0 aliphatic carbocycles. The molecule has 0 saturated heterocycles. The molecule has 19 heavy (non-hydrogen) atoms. The predicted octanol–water partition coefficient (Wildman–Crippen LogP) is 2.38. The van der Waals surface area contributed by atoms with Crippen molar-refractivity contribution >= 4 is 5.97 Å². The van der Waals surface area contributed by atoms with Gasteiger partial charge in [0.1, 0.15) is 5.82 Å². The van der Waals surface area contributed by atoms with Gasteiger partial charge < -0.3 is 5.11 Å². The Kier molecular flexibility index (Phi) is 5.46. The molecule has 4 nitrogen and oxygen atoms in total. The van der Waals surface area contributed by atoms with E-state index in [9.17, 15) is 9.18 Å². The van der Waals surface area contributed by atoms with E-state index in [2.05, 4.69) is 0 Å². The fraction of sp³-hybridized carbons (Fsp3) is 0.429. The van der Waals surface area contributed by atoms with Crippen molar-refractivity contribution in [2.24, 2.45) is 0 Å². The zero-order valence-electron chi connectivity index (χ0n) is 11.1. The second-order valence-electron chi connectivity index (χ2n) is 4.47. The molecule has 5 heteroatoms. The van der Waals surface area contributed by atoms with Gasteiger partial charge in [-0.3, -0.25) is 9.69 Å². The number of hydrogen-bond acceptors (Lipinski definition) is 3. The minimum absolute atomic E-state index is 0.0471. The third-order valence-corrected chi connectivity index (χ3v) is 3.11. The van der Waals surface area contributed by atoms with Crippen LogP contribution in [0.1, 0.15) is 31.4 Å². The van der Waals surface area contributed by atoms with E-state index in [1.165, 1.54) is 18.2 Å². The van der Waals surface area contributed by atoms with E-state index in [0.717, 1.165) is 6.42 Å². The Hall–Kier alpha value is -1.93. The lowest BCUT2D eigenvalue weighted by Gasteiger charge is -2.27. The highest BCUT2D eigenvalue weighted by atomic mass is 19.1. The van der Waals surface area contributed by atoms with Gasteiger partial charge in [0.15, 0.2) is 0 Å². The minimum atomic E-state index is -0.935. The van der Waals surface area contributed by atoms with Gasteiger partial charge in [-0.2, -0.15) is 5.26 Å². The average Bonchev–Trinajstić information content (AvgIpc) is 2.36. The Balaban J connectivity index is 2.98. The van der Waals surface area contributed by atoms with Gasteiger partial charge in [-0.25, -0.2) is 4.39 Å². The van der Waals surface area contributed by atoms with Crippen LogP contribution in [0.15, 0.2) is 18.2 Å². The molecule has 0 heterocycles. The van der Waals surface area contributed by atoms with Gasteiger partial charge in [-0.1, -0.05) is 6.92 Å². The standard InChI is InChI=1S/C14H17FN2O2/c1-3-10(2)17(9-14(18)19)8-12-6-13(15)5-4-11(12)7-16/h4-6,10H,3,8-9H2,1-2H3,(H,18,19). The van der Waals surface area contributed by atoms with Gasteiger partial charge in [-0.15, -0.1) is 0 Å². The van der Waals surface area contributed by atoms with Crippen molar-refractivity contribution in [1.29, 1.82) is 5.26 Å². The molecule has 0 aromatic heterocycles. The van der Waals surface area contributed by atoms with Crippen LogP contribution in [0, 0.1) is 17.1 Å². The molecular formula is C14H17FN2O2. The second-order valence-corrected chi connectivity index (χ2v) is 4.47. The van der Waals surface area contributed by atoms with Crippen molar-refractivity contribution in [3.8, 4) is 6.07 Å². The summed E-state index contributed by atoms with van der Waals surface area (Å²) >= 11 is 0. The smallest absolute Gasteiger partial charge is 0.317 e. The number of carboxylic acids is 1. The molecule has 1 unspecified atom stereocenters. The number of halogens is 1. The molecule has 0 aliphatic rings. The second kappa shape index (κ2) is 6.86. The van der Waals surface area contributed by atoms with Crippen LogP contribution in [0.5, 0.6) is 0 Å². The Morgan fingerprint density at radius 2 is 2.26 bits per heavy atom. The highest BCUT2D eigenvalue weighted by Crippen LogP contribution is 2.15. The van der Waals surface area contributed by atoms with Crippen molar-refractivity contribution in [1.82, 2.24) is 4.90 Å². The zero-order chi connectivity index (χ0) is 14.4. The lowest BCUT2D eigenvalue weighted by atomic mass is 10.1. The first kappa shape index (κ1) is 15.1. The number of carbonyl (C=O) groups is 1. The van der Waals surface area contributed by atoms with Crippen LogP contribution in [0.25, 0.3) is 0 Å². The molecule has 0 saturated carbocycles. The lowest BCUT2D eigenvalue weighted by molar-refractivity contribution is -0.139. The summed E-state index contributed by atoms with van der Waals surface area (Å²) in [5.74, 6) is -1.36. The molecule has 1 aromatic rings. The Labute approximate surface area is 112 Å². The highest BCUT2D eigenvalue weighted by Gasteiger charge is 2.17. The molecule has 0 radical (unpaired) electrons. The van der Waals surface area contributed by atoms with Crippen LogP contribution in [0.4, 0.5) is 4.39 Å². The summed E-state index contributed by atoms with van der Waals surface area (Å²) in [6, 6.07) is 5.98. The molecule has 0 spiro atoms.